The Bertz CT molecular complexity index is 503. The summed E-state index contributed by atoms with van der Waals surface area (Å²) >= 11 is 0. The number of benzene rings is 1. The van der Waals surface area contributed by atoms with Crippen LogP contribution < -0.4 is 14.4 Å². The lowest BCUT2D eigenvalue weighted by Crippen LogP contribution is -3.17. The van der Waals surface area contributed by atoms with Crippen molar-refractivity contribution < 1.29 is 19.5 Å². The molecule has 1 unspecified atom stereocenters. The van der Waals surface area contributed by atoms with Gasteiger partial charge in [-0.2, -0.15) is 0 Å². The van der Waals surface area contributed by atoms with Crippen molar-refractivity contribution in [3.05, 3.63) is 36.4 Å². The summed E-state index contributed by atoms with van der Waals surface area (Å²) in [4.78, 5) is 1.49. The molecule has 1 heterocycles. The summed E-state index contributed by atoms with van der Waals surface area (Å²) in [6.07, 6.45) is 6.03. The Morgan fingerprint density at radius 3 is 2.91 bits per heavy atom. The molecule has 3 atom stereocenters. The van der Waals surface area contributed by atoms with E-state index in [1.54, 1.807) is 7.11 Å². The van der Waals surface area contributed by atoms with Crippen molar-refractivity contribution in [2.24, 2.45) is 0 Å². The van der Waals surface area contributed by atoms with E-state index in [9.17, 15) is 5.11 Å². The fraction of sp³-hybridized carbons (Fsp3) is 0.579. The van der Waals surface area contributed by atoms with Crippen LogP contribution in [0.2, 0.25) is 0 Å². The van der Waals surface area contributed by atoms with E-state index < -0.39 is 6.10 Å². The zero-order valence-corrected chi connectivity index (χ0v) is 14.4. The van der Waals surface area contributed by atoms with E-state index in [1.807, 2.05) is 24.3 Å². The van der Waals surface area contributed by atoms with Crippen molar-refractivity contribution in [3.8, 4) is 11.5 Å². The molecule has 1 saturated heterocycles. The van der Waals surface area contributed by atoms with Crippen LogP contribution in [0.15, 0.2) is 30.9 Å². The van der Waals surface area contributed by atoms with Crippen molar-refractivity contribution >= 4 is 0 Å². The molecule has 0 bridgehead atoms. The molecular weight excluding hydrogens is 290 g/mol. The molecule has 0 amide bonds. The maximum atomic E-state index is 10.3. The van der Waals surface area contributed by atoms with Gasteiger partial charge in [0.1, 0.15) is 19.3 Å². The number of nitrogens with one attached hydrogen (secondary N) is 1. The molecule has 1 aromatic carbocycles. The van der Waals surface area contributed by atoms with Gasteiger partial charge in [-0.05, 0) is 50.3 Å². The van der Waals surface area contributed by atoms with Crippen LogP contribution in [0.25, 0.3) is 0 Å². The quantitative estimate of drug-likeness (QED) is 0.716. The molecule has 23 heavy (non-hydrogen) atoms. The van der Waals surface area contributed by atoms with Crippen molar-refractivity contribution in [2.75, 3.05) is 26.8 Å². The molecular formula is C19H30NO3+. The molecule has 0 radical (unpaired) electrons. The van der Waals surface area contributed by atoms with Crippen LogP contribution >= 0.6 is 0 Å². The van der Waals surface area contributed by atoms with Gasteiger partial charge in [0.2, 0.25) is 0 Å². The van der Waals surface area contributed by atoms with Gasteiger partial charge in [-0.1, -0.05) is 12.1 Å². The number of aliphatic hydroxyl groups excluding tert-OH is 1. The standard InChI is InChI=1S/C19H29NO3/c1-4-7-16-9-10-18(19(12-16)22-3)23-14-17(21)13-20-11-6-5-8-15(20)2/h4,9-10,12,15,17,21H,1,5-8,11,13-14H2,2-3H3/p+1/t15-,17+/m1/s1. The van der Waals surface area contributed by atoms with Gasteiger partial charge in [0.25, 0.3) is 0 Å². The largest absolute Gasteiger partial charge is 0.493 e. The maximum Gasteiger partial charge on any atom is 0.161 e. The van der Waals surface area contributed by atoms with Crippen LogP contribution in [0.1, 0.15) is 31.7 Å². The van der Waals surface area contributed by atoms with Crippen LogP contribution in [-0.2, 0) is 6.42 Å². The predicted octanol–water partition coefficient (Wildman–Crippen LogP) is 1.62. The number of likely N-dealkylation sites (tertiary alicyclic amines) is 1. The summed E-state index contributed by atoms with van der Waals surface area (Å²) in [6.45, 7) is 8.21. The van der Waals surface area contributed by atoms with Gasteiger partial charge in [-0.25, -0.2) is 0 Å². The smallest absolute Gasteiger partial charge is 0.161 e. The molecule has 2 N–H and O–H groups in total. The Kier molecular flexibility index (Phi) is 6.93. The normalized spacial score (nSPS) is 22.4. The zero-order chi connectivity index (χ0) is 16.7. The summed E-state index contributed by atoms with van der Waals surface area (Å²) in [7, 11) is 1.63. The first-order valence-corrected chi connectivity index (χ1v) is 8.57. The van der Waals surface area contributed by atoms with Gasteiger partial charge >= 0.3 is 0 Å². The topological polar surface area (TPSA) is 43.1 Å². The molecule has 0 aromatic heterocycles. The number of piperidine rings is 1. The van der Waals surface area contributed by atoms with E-state index in [4.69, 9.17) is 9.47 Å². The number of hydrogen-bond donors (Lipinski definition) is 2. The molecule has 0 saturated carbocycles. The third-order valence-electron chi connectivity index (χ3n) is 4.62. The Morgan fingerprint density at radius 2 is 2.22 bits per heavy atom. The monoisotopic (exact) mass is 320 g/mol. The zero-order valence-electron chi connectivity index (χ0n) is 14.4. The molecule has 4 nitrogen and oxygen atoms in total. The van der Waals surface area contributed by atoms with Crippen molar-refractivity contribution in [1.82, 2.24) is 0 Å². The lowest BCUT2D eigenvalue weighted by atomic mass is 10.0. The van der Waals surface area contributed by atoms with E-state index >= 15 is 0 Å². The van der Waals surface area contributed by atoms with Gasteiger partial charge in [0, 0.05) is 0 Å². The second kappa shape index (κ2) is 8.94. The first-order chi connectivity index (χ1) is 11.1. The molecule has 0 spiro atoms. The van der Waals surface area contributed by atoms with Gasteiger partial charge in [-0.15, -0.1) is 6.58 Å². The van der Waals surface area contributed by atoms with Crippen LogP contribution in [0.4, 0.5) is 0 Å². The summed E-state index contributed by atoms with van der Waals surface area (Å²) < 4.78 is 11.2. The van der Waals surface area contributed by atoms with E-state index in [2.05, 4.69) is 13.5 Å². The highest BCUT2D eigenvalue weighted by molar-refractivity contribution is 5.43. The number of methoxy groups -OCH3 is 1. The average molecular weight is 320 g/mol. The lowest BCUT2D eigenvalue weighted by Gasteiger charge is -2.31. The molecule has 0 aliphatic carbocycles. The Labute approximate surface area is 139 Å². The van der Waals surface area contributed by atoms with E-state index in [1.165, 1.54) is 24.2 Å². The molecule has 4 heteroatoms. The molecule has 2 rings (SSSR count). The van der Waals surface area contributed by atoms with Crippen LogP contribution in [0, 0.1) is 0 Å². The van der Waals surface area contributed by atoms with Crippen molar-refractivity contribution in [1.29, 1.82) is 0 Å². The second-order valence-corrected chi connectivity index (χ2v) is 6.45. The highest BCUT2D eigenvalue weighted by atomic mass is 16.5. The molecule has 1 fully saturated rings. The summed E-state index contributed by atoms with van der Waals surface area (Å²) in [6, 6.07) is 6.50. The molecule has 1 aromatic rings. The first kappa shape index (κ1) is 17.8. The number of ether oxygens (including phenoxy) is 2. The SMILES string of the molecule is C=CCc1ccc(OC[C@@H](O)C[NH+]2CCCC[C@H]2C)c(OC)c1. The predicted molar refractivity (Wildman–Crippen MR) is 92.4 cm³/mol. The summed E-state index contributed by atoms with van der Waals surface area (Å²) in [5.74, 6) is 1.39. The van der Waals surface area contributed by atoms with E-state index in [0.29, 0.717) is 24.1 Å². The van der Waals surface area contributed by atoms with E-state index in [-0.39, 0.29) is 0 Å². The van der Waals surface area contributed by atoms with Gasteiger partial charge < -0.3 is 19.5 Å². The highest BCUT2D eigenvalue weighted by Gasteiger charge is 2.24. The molecule has 128 valence electrons. The number of rotatable bonds is 8. The van der Waals surface area contributed by atoms with Crippen molar-refractivity contribution in [2.45, 2.75) is 44.8 Å². The van der Waals surface area contributed by atoms with E-state index in [0.717, 1.165) is 25.1 Å². The number of allylic oxidation sites excluding steroid dienone is 1. The summed E-state index contributed by atoms with van der Waals surface area (Å²) in [5.41, 5.74) is 1.14. The fourth-order valence-electron chi connectivity index (χ4n) is 3.23. The minimum atomic E-state index is -0.455. The molecule has 1 aliphatic heterocycles. The van der Waals surface area contributed by atoms with Crippen LogP contribution in [0.5, 0.6) is 11.5 Å². The number of quaternary nitrogens is 1. The first-order valence-electron chi connectivity index (χ1n) is 8.57. The minimum absolute atomic E-state index is 0.299. The summed E-state index contributed by atoms with van der Waals surface area (Å²) in [5, 5.41) is 10.3. The van der Waals surface area contributed by atoms with Gasteiger partial charge in [-0.3, -0.25) is 0 Å². The molecule has 1 aliphatic rings. The number of hydrogen-bond acceptors (Lipinski definition) is 3. The van der Waals surface area contributed by atoms with Crippen LogP contribution in [-0.4, -0.2) is 44.1 Å². The highest BCUT2D eigenvalue weighted by Crippen LogP contribution is 2.28. The average Bonchev–Trinajstić information content (AvgIpc) is 2.56. The lowest BCUT2D eigenvalue weighted by molar-refractivity contribution is -0.931. The van der Waals surface area contributed by atoms with Crippen LogP contribution in [0.3, 0.4) is 0 Å². The Balaban J connectivity index is 1.87. The third-order valence-corrected chi connectivity index (χ3v) is 4.62. The second-order valence-electron chi connectivity index (χ2n) is 6.45. The third kappa shape index (κ3) is 5.26. The van der Waals surface area contributed by atoms with Gasteiger partial charge in [0.15, 0.2) is 11.5 Å². The maximum absolute atomic E-state index is 10.3. The Morgan fingerprint density at radius 1 is 1.39 bits per heavy atom. The fourth-order valence-corrected chi connectivity index (χ4v) is 3.23. The van der Waals surface area contributed by atoms with Gasteiger partial charge in [0.05, 0.1) is 19.7 Å². The number of aliphatic hydroxyl groups is 1. The minimum Gasteiger partial charge on any atom is -0.493 e. The Hall–Kier alpha value is -1.52. The van der Waals surface area contributed by atoms with Crippen molar-refractivity contribution in [3.63, 3.8) is 0 Å².